The Bertz CT molecular complexity index is 468. The fourth-order valence-corrected chi connectivity index (χ4v) is 1.36. The summed E-state index contributed by atoms with van der Waals surface area (Å²) >= 11 is 0. The maximum atomic E-state index is 11.5. The van der Waals surface area contributed by atoms with Gasteiger partial charge in [0.1, 0.15) is 0 Å². The van der Waals surface area contributed by atoms with Gasteiger partial charge in [-0.05, 0) is 49.9 Å². The van der Waals surface area contributed by atoms with Crippen LogP contribution in [0.4, 0.5) is 8.78 Å². The minimum absolute atomic E-state index is 0. The van der Waals surface area contributed by atoms with Gasteiger partial charge >= 0.3 is 0 Å². The summed E-state index contributed by atoms with van der Waals surface area (Å²) in [5, 5.41) is 0. The van der Waals surface area contributed by atoms with Crippen LogP contribution < -0.4 is 0 Å². The largest absolute Gasteiger partial charge is 0.250 e. The van der Waals surface area contributed by atoms with Gasteiger partial charge in [-0.2, -0.15) is 0 Å². The maximum absolute atomic E-state index is 11.5. The molecule has 2 aromatic rings. The van der Waals surface area contributed by atoms with Crippen molar-refractivity contribution in [2.45, 2.75) is 49.0 Å². The van der Waals surface area contributed by atoms with Crippen LogP contribution in [0.5, 0.6) is 0 Å². The standard InChI is InChI=1S/2C8H10.C5H10F2.CH4/c2*1-7-5-3-4-6-8(7)2;1-5(2,3-6)4-7;/h2*3-6H,1-2H3;3-4H2,1-2H3;1H4. The van der Waals surface area contributed by atoms with Gasteiger partial charge in [0.05, 0.1) is 13.3 Å². The van der Waals surface area contributed by atoms with Crippen molar-refractivity contribution in [1.29, 1.82) is 0 Å². The molecule has 0 aliphatic rings. The van der Waals surface area contributed by atoms with Gasteiger partial charge in [-0.3, -0.25) is 8.78 Å². The average Bonchev–Trinajstić information content (AvgIpc) is 2.54. The number of benzene rings is 2. The zero-order valence-corrected chi connectivity index (χ0v) is 15.3. The number of alkyl halides is 2. The van der Waals surface area contributed by atoms with Gasteiger partial charge < -0.3 is 0 Å². The Morgan fingerprint density at radius 3 is 0.917 bits per heavy atom. The van der Waals surface area contributed by atoms with E-state index in [1.54, 1.807) is 13.8 Å². The van der Waals surface area contributed by atoms with Crippen molar-refractivity contribution in [3.05, 3.63) is 70.8 Å². The van der Waals surface area contributed by atoms with Crippen molar-refractivity contribution in [2.24, 2.45) is 5.41 Å². The normalized spacial score (nSPS) is 9.67. The van der Waals surface area contributed by atoms with Gasteiger partial charge in [0, 0.05) is 5.41 Å². The van der Waals surface area contributed by atoms with Crippen molar-refractivity contribution >= 4 is 0 Å². The summed E-state index contributed by atoms with van der Waals surface area (Å²) < 4.78 is 23.1. The Morgan fingerprint density at radius 1 is 0.625 bits per heavy atom. The van der Waals surface area contributed by atoms with Gasteiger partial charge in [-0.1, -0.05) is 69.8 Å². The SMILES string of the molecule is C.CC(C)(CF)CF.Cc1ccccc1C.Cc1ccccc1C. The van der Waals surface area contributed by atoms with Crippen LogP contribution >= 0.6 is 0 Å². The molecule has 0 fully saturated rings. The third-order valence-electron chi connectivity index (χ3n) is 3.57. The Kier molecular flexibility index (Phi) is 13.0. The summed E-state index contributed by atoms with van der Waals surface area (Å²) in [5.74, 6) is 0. The minimum Gasteiger partial charge on any atom is -0.250 e. The topological polar surface area (TPSA) is 0 Å². The molecule has 0 N–H and O–H groups in total. The molecule has 0 amide bonds. The summed E-state index contributed by atoms with van der Waals surface area (Å²) in [6, 6.07) is 16.7. The first-order valence-electron chi connectivity index (χ1n) is 7.90. The monoisotopic (exact) mass is 336 g/mol. The third-order valence-corrected chi connectivity index (χ3v) is 3.57. The molecular weight excluding hydrogens is 302 g/mol. The molecule has 0 radical (unpaired) electrons. The van der Waals surface area contributed by atoms with E-state index in [9.17, 15) is 8.78 Å². The first-order chi connectivity index (χ1) is 10.7. The lowest BCUT2D eigenvalue weighted by Gasteiger charge is -2.13. The molecule has 0 unspecified atom stereocenters. The van der Waals surface area contributed by atoms with Crippen LogP contribution in [-0.2, 0) is 0 Å². The van der Waals surface area contributed by atoms with Gasteiger partial charge in [-0.25, -0.2) is 0 Å². The third kappa shape index (κ3) is 10.9. The summed E-state index contributed by atoms with van der Waals surface area (Å²) in [6.07, 6.45) is 0. The zero-order valence-electron chi connectivity index (χ0n) is 15.3. The molecule has 0 saturated heterocycles. The van der Waals surface area contributed by atoms with Gasteiger partial charge in [0.25, 0.3) is 0 Å². The Hall–Kier alpha value is -1.70. The highest BCUT2D eigenvalue weighted by Gasteiger charge is 2.15. The van der Waals surface area contributed by atoms with E-state index >= 15 is 0 Å². The molecule has 0 atom stereocenters. The molecule has 24 heavy (non-hydrogen) atoms. The highest BCUT2D eigenvalue weighted by Crippen LogP contribution is 2.14. The molecule has 0 nitrogen and oxygen atoms in total. The Balaban J connectivity index is 0. The maximum Gasteiger partial charge on any atom is 0.0970 e. The summed E-state index contributed by atoms with van der Waals surface area (Å²) in [7, 11) is 0. The van der Waals surface area contributed by atoms with Crippen LogP contribution in [0.15, 0.2) is 48.5 Å². The quantitative estimate of drug-likeness (QED) is 0.544. The van der Waals surface area contributed by atoms with E-state index in [0.29, 0.717) is 0 Å². The molecule has 0 aromatic heterocycles. The lowest BCUT2D eigenvalue weighted by atomic mass is 9.98. The van der Waals surface area contributed by atoms with Crippen LogP contribution in [0.3, 0.4) is 0 Å². The van der Waals surface area contributed by atoms with Crippen molar-refractivity contribution in [1.82, 2.24) is 0 Å². The fourth-order valence-electron chi connectivity index (χ4n) is 1.36. The van der Waals surface area contributed by atoms with E-state index in [4.69, 9.17) is 0 Å². The van der Waals surface area contributed by atoms with E-state index in [1.165, 1.54) is 22.3 Å². The summed E-state index contributed by atoms with van der Waals surface area (Å²) in [5.41, 5.74) is 4.72. The first-order valence-corrected chi connectivity index (χ1v) is 7.90. The average molecular weight is 337 g/mol. The summed E-state index contributed by atoms with van der Waals surface area (Å²) in [4.78, 5) is 0. The molecule has 0 spiro atoms. The highest BCUT2D eigenvalue weighted by atomic mass is 19.1. The predicted octanol–water partition coefficient (Wildman–Crippen LogP) is 7.19. The van der Waals surface area contributed by atoms with Crippen LogP contribution in [-0.4, -0.2) is 13.3 Å². The molecule has 0 heterocycles. The van der Waals surface area contributed by atoms with E-state index in [0.717, 1.165) is 0 Å². The highest BCUT2D eigenvalue weighted by molar-refractivity contribution is 5.23. The minimum atomic E-state index is -0.750. The Labute approximate surface area is 147 Å². The number of hydrogen-bond acceptors (Lipinski definition) is 0. The van der Waals surface area contributed by atoms with Gasteiger partial charge in [0.15, 0.2) is 0 Å². The molecule has 0 saturated carbocycles. The molecular formula is C22H34F2. The molecule has 2 aromatic carbocycles. The van der Waals surface area contributed by atoms with E-state index < -0.39 is 18.8 Å². The number of hydrogen-bond donors (Lipinski definition) is 0. The zero-order chi connectivity index (χ0) is 17.9. The molecule has 136 valence electrons. The fraction of sp³-hybridized carbons (Fsp3) is 0.455. The number of halogens is 2. The van der Waals surface area contributed by atoms with E-state index in [2.05, 4.69) is 76.2 Å². The van der Waals surface area contributed by atoms with Crippen LogP contribution in [0.25, 0.3) is 0 Å². The van der Waals surface area contributed by atoms with Crippen LogP contribution in [0.1, 0.15) is 43.5 Å². The van der Waals surface area contributed by atoms with Crippen molar-refractivity contribution < 1.29 is 8.78 Å². The van der Waals surface area contributed by atoms with E-state index in [1.807, 2.05) is 0 Å². The number of aryl methyl sites for hydroxylation is 4. The van der Waals surface area contributed by atoms with Crippen molar-refractivity contribution in [3.63, 3.8) is 0 Å². The van der Waals surface area contributed by atoms with Gasteiger partial charge in [0.2, 0.25) is 0 Å². The van der Waals surface area contributed by atoms with E-state index in [-0.39, 0.29) is 7.43 Å². The second-order valence-electron chi connectivity index (χ2n) is 6.60. The Morgan fingerprint density at radius 2 is 0.833 bits per heavy atom. The lowest BCUT2D eigenvalue weighted by Crippen LogP contribution is -2.15. The second-order valence-corrected chi connectivity index (χ2v) is 6.60. The van der Waals surface area contributed by atoms with Crippen molar-refractivity contribution in [2.75, 3.05) is 13.3 Å². The predicted molar refractivity (Wildman–Crippen MR) is 104 cm³/mol. The van der Waals surface area contributed by atoms with Gasteiger partial charge in [-0.15, -0.1) is 0 Å². The number of rotatable bonds is 2. The van der Waals surface area contributed by atoms with Crippen LogP contribution in [0, 0.1) is 33.1 Å². The molecule has 0 bridgehead atoms. The second kappa shape index (κ2) is 12.7. The summed E-state index contributed by atoms with van der Waals surface area (Å²) in [6.45, 7) is 10.4. The molecule has 2 heteroatoms. The molecule has 0 aliphatic heterocycles. The molecule has 2 rings (SSSR count). The van der Waals surface area contributed by atoms with Crippen molar-refractivity contribution in [3.8, 4) is 0 Å². The lowest BCUT2D eigenvalue weighted by molar-refractivity contribution is 0.197. The molecule has 0 aliphatic carbocycles. The smallest absolute Gasteiger partial charge is 0.0970 e. The first kappa shape index (κ1) is 24.6. The van der Waals surface area contributed by atoms with Crippen LogP contribution in [0.2, 0.25) is 0 Å².